The standard InChI is InChI=1S/C21H23N5O/c27-20(26-14-12-25(13-15-26)17-6-2-1-3-7-17)10-11-22-21-18-8-4-5-9-19(18)23-16-24-21/h1-9,16H,10-15H2,(H,22,23,24). The molecule has 3 aromatic rings. The van der Waals surface area contributed by atoms with E-state index >= 15 is 0 Å². The molecule has 0 radical (unpaired) electrons. The highest BCUT2D eigenvalue weighted by Gasteiger charge is 2.20. The number of carbonyl (C=O) groups is 1. The fraction of sp³-hybridized carbons (Fsp3) is 0.286. The van der Waals surface area contributed by atoms with Crippen LogP contribution >= 0.6 is 0 Å². The number of carbonyl (C=O) groups excluding carboxylic acids is 1. The van der Waals surface area contributed by atoms with E-state index in [1.54, 1.807) is 6.33 Å². The number of piperazine rings is 1. The minimum absolute atomic E-state index is 0.188. The second kappa shape index (κ2) is 8.03. The van der Waals surface area contributed by atoms with E-state index in [0.717, 1.165) is 42.9 Å². The highest BCUT2D eigenvalue weighted by Crippen LogP contribution is 2.19. The van der Waals surface area contributed by atoms with E-state index in [4.69, 9.17) is 0 Å². The third-order valence-corrected chi connectivity index (χ3v) is 4.93. The number of rotatable bonds is 5. The van der Waals surface area contributed by atoms with Crippen molar-refractivity contribution in [2.75, 3.05) is 42.9 Å². The first-order valence-electron chi connectivity index (χ1n) is 9.33. The van der Waals surface area contributed by atoms with Crippen molar-refractivity contribution >= 4 is 28.3 Å². The number of benzene rings is 2. The molecule has 0 atom stereocenters. The van der Waals surface area contributed by atoms with E-state index in [0.29, 0.717) is 13.0 Å². The monoisotopic (exact) mass is 361 g/mol. The van der Waals surface area contributed by atoms with Crippen molar-refractivity contribution in [3.8, 4) is 0 Å². The number of nitrogens with one attached hydrogen (secondary N) is 1. The van der Waals surface area contributed by atoms with Crippen LogP contribution in [-0.4, -0.2) is 53.5 Å². The Kier molecular flexibility index (Phi) is 5.14. The Labute approximate surface area is 158 Å². The molecule has 0 saturated carbocycles. The molecular formula is C21H23N5O. The summed E-state index contributed by atoms with van der Waals surface area (Å²) in [7, 11) is 0. The SMILES string of the molecule is O=C(CCNc1ncnc2ccccc12)N1CCN(c2ccccc2)CC1. The molecule has 138 valence electrons. The Morgan fingerprint density at radius 3 is 2.48 bits per heavy atom. The molecule has 6 heteroatoms. The van der Waals surface area contributed by atoms with Crippen LogP contribution in [0.25, 0.3) is 10.9 Å². The molecule has 1 N–H and O–H groups in total. The Morgan fingerprint density at radius 2 is 1.67 bits per heavy atom. The molecule has 1 aliphatic heterocycles. The van der Waals surface area contributed by atoms with Gasteiger partial charge in [-0.05, 0) is 24.3 Å². The van der Waals surface area contributed by atoms with Crippen molar-refractivity contribution in [1.82, 2.24) is 14.9 Å². The van der Waals surface area contributed by atoms with Crippen LogP contribution in [0.4, 0.5) is 11.5 Å². The minimum atomic E-state index is 0.188. The average Bonchev–Trinajstić information content (AvgIpc) is 2.74. The molecule has 1 saturated heterocycles. The zero-order valence-electron chi connectivity index (χ0n) is 15.2. The predicted octanol–water partition coefficient (Wildman–Crippen LogP) is 2.78. The Hall–Kier alpha value is -3.15. The van der Waals surface area contributed by atoms with Crippen LogP contribution < -0.4 is 10.2 Å². The van der Waals surface area contributed by atoms with Crippen LogP contribution in [0.15, 0.2) is 60.9 Å². The molecule has 1 fully saturated rings. The third kappa shape index (κ3) is 4.00. The maximum Gasteiger partial charge on any atom is 0.224 e. The summed E-state index contributed by atoms with van der Waals surface area (Å²) in [6, 6.07) is 18.2. The van der Waals surface area contributed by atoms with Crippen molar-refractivity contribution < 1.29 is 4.79 Å². The lowest BCUT2D eigenvalue weighted by Crippen LogP contribution is -2.49. The maximum atomic E-state index is 12.5. The Morgan fingerprint density at radius 1 is 0.926 bits per heavy atom. The molecule has 0 bridgehead atoms. The average molecular weight is 361 g/mol. The van der Waals surface area contributed by atoms with Crippen LogP contribution in [0.2, 0.25) is 0 Å². The first-order valence-corrected chi connectivity index (χ1v) is 9.33. The molecule has 1 aliphatic rings. The third-order valence-electron chi connectivity index (χ3n) is 4.93. The van der Waals surface area contributed by atoms with Gasteiger partial charge in [-0.15, -0.1) is 0 Å². The second-order valence-corrected chi connectivity index (χ2v) is 6.62. The summed E-state index contributed by atoms with van der Waals surface area (Å²) < 4.78 is 0. The molecular weight excluding hydrogens is 338 g/mol. The van der Waals surface area contributed by atoms with E-state index in [-0.39, 0.29) is 5.91 Å². The van der Waals surface area contributed by atoms with Crippen LogP contribution in [0.1, 0.15) is 6.42 Å². The van der Waals surface area contributed by atoms with Crippen LogP contribution in [0, 0.1) is 0 Å². The molecule has 2 heterocycles. The molecule has 0 spiro atoms. The number of amides is 1. The molecule has 1 aromatic heterocycles. The van der Waals surface area contributed by atoms with Gasteiger partial charge < -0.3 is 15.1 Å². The molecule has 27 heavy (non-hydrogen) atoms. The number of aromatic nitrogens is 2. The van der Waals surface area contributed by atoms with Crippen LogP contribution in [-0.2, 0) is 4.79 Å². The van der Waals surface area contributed by atoms with Gasteiger partial charge in [-0.25, -0.2) is 9.97 Å². The summed E-state index contributed by atoms with van der Waals surface area (Å²) in [6.07, 6.45) is 2.01. The number of fused-ring (bicyclic) bond motifs is 1. The van der Waals surface area contributed by atoms with Crippen molar-refractivity contribution in [3.63, 3.8) is 0 Å². The molecule has 2 aromatic carbocycles. The summed E-state index contributed by atoms with van der Waals surface area (Å²) in [5.74, 6) is 0.968. The van der Waals surface area contributed by atoms with E-state index < -0.39 is 0 Å². The van der Waals surface area contributed by atoms with Gasteiger partial charge in [-0.3, -0.25) is 4.79 Å². The highest BCUT2D eigenvalue weighted by molar-refractivity contribution is 5.88. The summed E-state index contributed by atoms with van der Waals surface area (Å²) in [6.45, 7) is 3.85. The first-order chi connectivity index (χ1) is 13.3. The first kappa shape index (κ1) is 17.3. The number of hydrogen-bond acceptors (Lipinski definition) is 5. The minimum Gasteiger partial charge on any atom is -0.369 e. The largest absolute Gasteiger partial charge is 0.369 e. The Bertz CT molecular complexity index is 901. The topological polar surface area (TPSA) is 61.4 Å². The predicted molar refractivity (Wildman–Crippen MR) is 108 cm³/mol. The number of para-hydroxylation sites is 2. The fourth-order valence-electron chi connectivity index (χ4n) is 3.44. The van der Waals surface area contributed by atoms with Gasteiger partial charge in [0.1, 0.15) is 12.1 Å². The fourth-order valence-corrected chi connectivity index (χ4v) is 3.44. The van der Waals surface area contributed by atoms with E-state index in [1.807, 2.05) is 35.2 Å². The van der Waals surface area contributed by atoms with Crippen LogP contribution in [0.5, 0.6) is 0 Å². The second-order valence-electron chi connectivity index (χ2n) is 6.62. The van der Waals surface area contributed by atoms with Crippen molar-refractivity contribution in [2.24, 2.45) is 0 Å². The summed E-state index contributed by atoms with van der Waals surface area (Å²) in [5, 5.41) is 4.26. The van der Waals surface area contributed by atoms with Gasteiger partial charge in [0.15, 0.2) is 0 Å². The number of hydrogen-bond donors (Lipinski definition) is 1. The summed E-state index contributed by atoms with van der Waals surface area (Å²) >= 11 is 0. The molecule has 1 amide bonds. The normalized spacial score (nSPS) is 14.4. The van der Waals surface area contributed by atoms with Gasteiger partial charge >= 0.3 is 0 Å². The lowest BCUT2D eigenvalue weighted by atomic mass is 10.2. The van der Waals surface area contributed by atoms with E-state index in [2.05, 4.69) is 44.5 Å². The highest BCUT2D eigenvalue weighted by atomic mass is 16.2. The van der Waals surface area contributed by atoms with Gasteiger partial charge in [0.25, 0.3) is 0 Å². The van der Waals surface area contributed by atoms with Crippen LogP contribution in [0.3, 0.4) is 0 Å². The zero-order chi connectivity index (χ0) is 18.5. The van der Waals surface area contributed by atoms with Crippen molar-refractivity contribution in [2.45, 2.75) is 6.42 Å². The molecule has 0 aliphatic carbocycles. The number of nitrogens with zero attached hydrogens (tertiary/aromatic N) is 4. The van der Waals surface area contributed by atoms with E-state index in [1.165, 1.54) is 5.69 Å². The van der Waals surface area contributed by atoms with Crippen molar-refractivity contribution in [3.05, 3.63) is 60.9 Å². The Balaban J connectivity index is 1.28. The lowest BCUT2D eigenvalue weighted by molar-refractivity contribution is -0.131. The summed E-state index contributed by atoms with van der Waals surface area (Å²) in [4.78, 5) is 25.4. The maximum absolute atomic E-state index is 12.5. The van der Waals surface area contributed by atoms with Gasteiger partial charge in [0.05, 0.1) is 5.52 Å². The molecule has 4 rings (SSSR count). The number of anilines is 2. The lowest BCUT2D eigenvalue weighted by Gasteiger charge is -2.36. The zero-order valence-corrected chi connectivity index (χ0v) is 15.2. The summed E-state index contributed by atoms with van der Waals surface area (Å²) in [5.41, 5.74) is 2.13. The van der Waals surface area contributed by atoms with Gasteiger partial charge in [-0.1, -0.05) is 30.3 Å². The van der Waals surface area contributed by atoms with Gasteiger partial charge in [0, 0.05) is 50.2 Å². The van der Waals surface area contributed by atoms with E-state index in [9.17, 15) is 4.79 Å². The molecule has 6 nitrogen and oxygen atoms in total. The molecule has 0 unspecified atom stereocenters. The van der Waals surface area contributed by atoms with Crippen molar-refractivity contribution in [1.29, 1.82) is 0 Å². The van der Waals surface area contributed by atoms with Gasteiger partial charge in [-0.2, -0.15) is 0 Å². The smallest absolute Gasteiger partial charge is 0.224 e. The van der Waals surface area contributed by atoms with Gasteiger partial charge in [0.2, 0.25) is 5.91 Å². The quantitative estimate of drug-likeness (QED) is 0.757.